The molecule has 0 saturated heterocycles. The van der Waals surface area contributed by atoms with Crippen LogP contribution in [-0.2, 0) is 22.3 Å². The van der Waals surface area contributed by atoms with E-state index in [1.54, 1.807) is 36.7 Å². The van der Waals surface area contributed by atoms with Gasteiger partial charge >= 0.3 is 0 Å². The summed E-state index contributed by atoms with van der Waals surface area (Å²) in [5, 5.41) is 0. The summed E-state index contributed by atoms with van der Waals surface area (Å²) in [5.41, 5.74) is 2.26. The molecule has 1 aromatic carbocycles. The maximum Gasteiger partial charge on any atom is 0.216 e. The lowest BCUT2D eigenvalue weighted by Gasteiger charge is -2.07. The van der Waals surface area contributed by atoms with E-state index in [2.05, 4.69) is 9.71 Å². The van der Waals surface area contributed by atoms with Crippen LogP contribution in [0.25, 0.3) is 11.5 Å². The van der Waals surface area contributed by atoms with Crippen molar-refractivity contribution in [1.29, 1.82) is 0 Å². The zero-order valence-electron chi connectivity index (χ0n) is 12.3. The van der Waals surface area contributed by atoms with Crippen molar-refractivity contribution < 1.29 is 12.8 Å². The molecule has 0 radical (unpaired) electrons. The Kier molecular flexibility index (Phi) is 4.55. The Morgan fingerprint density at radius 1 is 0.957 bits per heavy atom. The SMILES string of the molecule is O=S(=O)(Cc1ccccc1)NCc1ccc(-c2ccco2)nc1. The van der Waals surface area contributed by atoms with Crippen LogP contribution in [0.2, 0.25) is 0 Å². The Morgan fingerprint density at radius 2 is 1.78 bits per heavy atom. The predicted octanol–water partition coefficient (Wildman–Crippen LogP) is 2.96. The molecule has 0 spiro atoms. The number of sulfonamides is 1. The van der Waals surface area contributed by atoms with E-state index >= 15 is 0 Å². The number of rotatable bonds is 6. The van der Waals surface area contributed by atoms with Gasteiger partial charge in [0, 0.05) is 12.7 Å². The number of nitrogens with zero attached hydrogens (tertiary/aromatic N) is 1. The van der Waals surface area contributed by atoms with Gasteiger partial charge in [-0.15, -0.1) is 0 Å². The topological polar surface area (TPSA) is 72.2 Å². The molecule has 0 fully saturated rings. The third kappa shape index (κ3) is 4.28. The third-order valence-corrected chi connectivity index (χ3v) is 4.59. The Morgan fingerprint density at radius 3 is 2.43 bits per heavy atom. The quantitative estimate of drug-likeness (QED) is 0.755. The summed E-state index contributed by atoms with van der Waals surface area (Å²) in [6.45, 7) is 0.209. The second-order valence-corrected chi connectivity index (χ2v) is 6.90. The normalized spacial score (nSPS) is 11.5. The molecule has 0 unspecified atom stereocenters. The van der Waals surface area contributed by atoms with Gasteiger partial charge in [0.05, 0.1) is 12.0 Å². The van der Waals surface area contributed by atoms with E-state index < -0.39 is 10.0 Å². The maximum atomic E-state index is 12.1. The highest BCUT2D eigenvalue weighted by Crippen LogP contribution is 2.17. The molecule has 2 aromatic heterocycles. The number of hydrogen-bond acceptors (Lipinski definition) is 4. The van der Waals surface area contributed by atoms with Crippen LogP contribution in [-0.4, -0.2) is 13.4 Å². The summed E-state index contributed by atoms with van der Waals surface area (Å²) in [6, 6.07) is 16.3. The molecule has 6 heteroatoms. The summed E-state index contributed by atoms with van der Waals surface area (Å²) >= 11 is 0. The van der Waals surface area contributed by atoms with Gasteiger partial charge in [-0.25, -0.2) is 13.1 Å². The van der Waals surface area contributed by atoms with Crippen molar-refractivity contribution in [2.45, 2.75) is 12.3 Å². The van der Waals surface area contributed by atoms with Crippen LogP contribution in [0.5, 0.6) is 0 Å². The van der Waals surface area contributed by atoms with Gasteiger partial charge in [0.15, 0.2) is 5.76 Å². The summed E-state index contributed by atoms with van der Waals surface area (Å²) in [5.74, 6) is 0.646. The van der Waals surface area contributed by atoms with E-state index in [9.17, 15) is 8.42 Å². The van der Waals surface area contributed by atoms with Crippen molar-refractivity contribution in [2.24, 2.45) is 0 Å². The lowest BCUT2D eigenvalue weighted by atomic mass is 10.2. The van der Waals surface area contributed by atoms with E-state index in [1.807, 2.05) is 30.3 Å². The number of hydrogen-bond donors (Lipinski definition) is 1. The molecule has 1 N–H and O–H groups in total. The maximum absolute atomic E-state index is 12.1. The average Bonchev–Trinajstić information content (AvgIpc) is 3.09. The zero-order chi connectivity index (χ0) is 16.1. The van der Waals surface area contributed by atoms with Gasteiger partial charge in [-0.3, -0.25) is 4.98 Å². The van der Waals surface area contributed by atoms with E-state index in [0.29, 0.717) is 11.5 Å². The van der Waals surface area contributed by atoms with Gasteiger partial charge in [-0.1, -0.05) is 36.4 Å². The van der Waals surface area contributed by atoms with Crippen LogP contribution < -0.4 is 4.72 Å². The van der Waals surface area contributed by atoms with Crippen LogP contribution in [0.15, 0.2) is 71.5 Å². The minimum absolute atomic E-state index is 0.0360. The van der Waals surface area contributed by atoms with Crippen LogP contribution >= 0.6 is 0 Å². The van der Waals surface area contributed by atoms with Crippen molar-refractivity contribution in [3.05, 3.63) is 78.2 Å². The van der Waals surface area contributed by atoms with Gasteiger partial charge in [0.25, 0.3) is 0 Å². The molecule has 5 nitrogen and oxygen atoms in total. The van der Waals surface area contributed by atoms with Gasteiger partial charge < -0.3 is 4.42 Å². The van der Waals surface area contributed by atoms with Crippen molar-refractivity contribution in [3.8, 4) is 11.5 Å². The summed E-state index contributed by atoms with van der Waals surface area (Å²) in [4.78, 5) is 4.28. The second-order valence-electron chi connectivity index (χ2n) is 5.09. The van der Waals surface area contributed by atoms with E-state index in [1.165, 1.54) is 0 Å². The Hall–Kier alpha value is -2.44. The largest absolute Gasteiger partial charge is 0.463 e. The van der Waals surface area contributed by atoms with E-state index in [4.69, 9.17) is 4.42 Å². The molecule has 0 aliphatic rings. The number of nitrogens with one attached hydrogen (secondary N) is 1. The molecule has 0 saturated carbocycles. The summed E-state index contributed by atoms with van der Waals surface area (Å²) in [6.07, 6.45) is 3.23. The molecule has 3 rings (SSSR count). The van der Waals surface area contributed by atoms with E-state index in [0.717, 1.165) is 11.1 Å². The van der Waals surface area contributed by atoms with E-state index in [-0.39, 0.29) is 12.3 Å². The van der Waals surface area contributed by atoms with Gasteiger partial charge in [-0.2, -0.15) is 0 Å². The monoisotopic (exact) mass is 328 g/mol. The molecular formula is C17H16N2O3S. The fourth-order valence-corrected chi connectivity index (χ4v) is 3.26. The minimum atomic E-state index is -3.38. The van der Waals surface area contributed by atoms with Gasteiger partial charge in [0.1, 0.15) is 5.69 Å². The first-order valence-corrected chi connectivity index (χ1v) is 8.78. The minimum Gasteiger partial charge on any atom is -0.463 e. The highest BCUT2D eigenvalue weighted by Gasteiger charge is 2.11. The Balaban J connectivity index is 1.61. The standard InChI is InChI=1S/C17H16N2O3S/c20-23(21,13-14-5-2-1-3-6-14)19-12-15-8-9-16(18-11-15)17-7-4-10-22-17/h1-11,19H,12-13H2. The molecule has 0 aliphatic heterocycles. The molecule has 0 bridgehead atoms. The highest BCUT2D eigenvalue weighted by atomic mass is 32.2. The van der Waals surface area contributed by atoms with Crippen LogP contribution in [0.1, 0.15) is 11.1 Å². The number of furan rings is 1. The molecule has 118 valence electrons. The summed E-state index contributed by atoms with van der Waals surface area (Å²) in [7, 11) is -3.38. The van der Waals surface area contributed by atoms with Gasteiger partial charge in [-0.05, 0) is 29.3 Å². The first-order chi connectivity index (χ1) is 11.1. The van der Waals surface area contributed by atoms with Crippen molar-refractivity contribution in [1.82, 2.24) is 9.71 Å². The second kappa shape index (κ2) is 6.76. The van der Waals surface area contributed by atoms with Crippen LogP contribution in [0.3, 0.4) is 0 Å². The molecule has 0 atom stereocenters. The molecule has 23 heavy (non-hydrogen) atoms. The lowest BCUT2D eigenvalue weighted by molar-refractivity contribution is 0.578. The number of benzene rings is 1. The number of pyridine rings is 1. The Labute approximate surface area is 135 Å². The molecule has 2 heterocycles. The molecule has 0 aliphatic carbocycles. The first-order valence-electron chi connectivity index (χ1n) is 7.12. The molecule has 0 amide bonds. The summed E-state index contributed by atoms with van der Waals surface area (Å²) < 4.78 is 32.0. The van der Waals surface area contributed by atoms with Crippen molar-refractivity contribution in [2.75, 3.05) is 0 Å². The van der Waals surface area contributed by atoms with Gasteiger partial charge in [0.2, 0.25) is 10.0 Å². The first kappa shape index (κ1) is 15.5. The highest BCUT2D eigenvalue weighted by molar-refractivity contribution is 7.88. The molecular weight excluding hydrogens is 312 g/mol. The smallest absolute Gasteiger partial charge is 0.216 e. The number of aromatic nitrogens is 1. The third-order valence-electron chi connectivity index (χ3n) is 3.29. The van der Waals surface area contributed by atoms with Crippen molar-refractivity contribution in [3.63, 3.8) is 0 Å². The Bertz CT molecular complexity index is 843. The average molecular weight is 328 g/mol. The fourth-order valence-electron chi connectivity index (χ4n) is 2.14. The van der Waals surface area contributed by atoms with Crippen molar-refractivity contribution >= 4 is 10.0 Å². The zero-order valence-corrected chi connectivity index (χ0v) is 13.2. The van der Waals surface area contributed by atoms with Crippen LogP contribution in [0.4, 0.5) is 0 Å². The molecule has 3 aromatic rings. The predicted molar refractivity (Wildman–Crippen MR) is 87.8 cm³/mol. The lowest BCUT2D eigenvalue weighted by Crippen LogP contribution is -2.24. The fraction of sp³-hybridized carbons (Fsp3) is 0.118. The van der Waals surface area contributed by atoms with Crippen LogP contribution in [0, 0.1) is 0 Å².